The number of nitriles is 1. The second-order valence-corrected chi connectivity index (χ2v) is 12.4. The van der Waals surface area contributed by atoms with Gasteiger partial charge in [-0.15, -0.1) is 10.2 Å². The lowest BCUT2D eigenvalue weighted by atomic mass is 9.92. The van der Waals surface area contributed by atoms with Gasteiger partial charge >= 0.3 is 0 Å². The van der Waals surface area contributed by atoms with Crippen LogP contribution in [0.3, 0.4) is 0 Å². The Morgan fingerprint density at radius 2 is 1.69 bits per heavy atom. The number of ether oxygens (including phenoxy) is 1. The highest BCUT2D eigenvalue weighted by molar-refractivity contribution is 6.31. The average Bonchev–Trinajstić information content (AvgIpc) is 3.07. The summed E-state index contributed by atoms with van der Waals surface area (Å²) >= 11 is 6.15. The van der Waals surface area contributed by atoms with Crippen LogP contribution in [-0.4, -0.2) is 79.0 Å². The van der Waals surface area contributed by atoms with Gasteiger partial charge in [0.15, 0.2) is 11.6 Å². The third-order valence-corrected chi connectivity index (χ3v) is 9.66. The van der Waals surface area contributed by atoms with Crippen molar-refractivity contribution in [2.24, 2.45) is 0 Å². The van der Waals surface area contributed by atoms with Crippen molar-refractivity contribution in [2.45, 2.75) is 56.7 Å². The first-order valence-corrected chi connectivity index (χ1v) is 16.0. The number of piperidine rings is 1. The van der Waals surface area contributed by atoms with Crippen LogP contribution in [0, 0.1) is 17.1 Å². The molecule has 3 fully saturated rings. The van der Waals surface area contributed by atoms with Crippen molar-refractivity contribution in [3.05, 3.63) is 64.9 Å². The molecule has 2 aromatic carbocycles. The molecular weight excluding hydrogens is 595 g/mol. The molecule has 10 nitrogen and oxygen atoms in total. The molecule has 2 aliphatic heterocycles. The van der Waals surface area contributed by atoms with Crippen molar-refractivity contribution in [1.29, 1.82) is 5.26 Å². The van der Waals surface area contributed by atoms with E-state index in [2.05, 4.69) is 31.0 Å². The van der Waals surface area contributed by atoms with E-state index >= 15 is 0 Å². The van der Waals surface area contributed by atoms with Crippen LogP contribution in [0.1, 0.15) is 44.1 Å². The molecular formula is C33H38ClFN8O2. The van der Waals surface area contributed by atoms with Gasteiger partial charge in [-0.2, -0.15) is 5.26 Å². The number of nitrogens with zero attached hydrogens (tertiary/aromatic N) is 7. The summed E-state index contributed by atoms with van der Waals surface area (Å²) in [5.41, 5.74) is 7.21. The summed E-state index contributed by atoms with van der Waals surface area (Å²) < 4.78 is 20.5. The quantitative estimate of drug-likeness (QED) is 0.274. The molecule has 3 aromatic rings. The Labute approximate surface area is 268 Å². The topological polar surface area (TPSA) is 115 Å². The van der Waals surface area contributed by atoms with Gasteiger partial charge in [-0.1, -0.05) is 11.6 Å². The van der Waals surface area contributed by atoms with Crippen LogP contribution >= 0.6 is 11.6 Å². The summed E-state index contributed by atoms with van der Waals surface area (Å²) in [4.78, 5) is 20.7. The number of benzene rings is 2. The standard InChI is InChI=1S/C33H38ClFN8O2/c34-29-20-28(5-1-23(29)21-36)45-27-6-3-26(4-7-27)43(22-44)33-10-9-32(38-39-33)42-13-11-25(12-14-42)40-15-17-41(18-16-40)31-8-2-24(37)19-30(31)35/h1-2,5,8-10,19-20,22,25-27H,3-4,6-7,11-18,37H2. The number of piperazine rings is 1. The van der Waals surface area contributed by atoms with Crippen molar-refractivity contribution >= 4 is 41.0 Å². The fraction of sp³-hybridized carbons (Fsp3) is 0.455. The second kappa shape index (κ2) is 13.9. The Balaban J connectivity index is 0.965. The molecule has 6 rings (SSSR count). The molecule has 3 heterocycles. The summed E-state index contributed by atoms with van der Waals surface area (Å²) in [7, 11) is 0. The smallest absolute Gasteiger partial charge is 0.215 e. The van der Waals surface area contributed by atoms with Crippen LogP contribution in [0.25, 0.3) is 0 Å². The van der Waals surface area contributed by atoms with E-state index in [1.807, 2.05) is 12.1 Å². The number of hydrogen-bond acceptors (Lipinski definition) is 9. The van der Waals surface area contributed by atoms with Crippen LogP contribution in [0.5, 0.6) is 5.75 Å². The van der Waals surface area contributed by atoms with Gasteiger partial charge in [-0.05, 0) is 81.0 Å². The number of nitrogens with two attached hydrogens (primary N) is 1. The van der Waals surface area contributed by atoms with E-state index in [0.717, 1.165) is 90.0 Å². The van der Waals surface area contributed by atoms with Gasteiger partial charge in [0.2, 0.25) is 6.41 Å². The zero-order valence-corrected chi connectivity index (χ0v) is 25.9. The lowest BCUT2D eigenvalue weighted by Gasteiger charge is -2.43. The highest BCUT2D eigenvalue weighted by Crippen LogP contribution is 2.31. The Bertz CT molecular complexity index is 1510. The van der Waals surface area contributed by atoms with E-state index in [1.165, 1.54) is 6.07 Å². The Morgan fingerprint density at radius 3 is 2.31 bits per heavy atom. The van der Waals surface area contributed by atoms with Crippen molar-refractivity contribution < 1.29 is 13.9 Å². The number of hydrogen-bond donors (Lipinski definition) is 1. The van der Waals surface area contributed by atoms with Crippen LogP contribution in [-0.2, 0) is 4.79 Å². The molecule has 0 unspecified atom stereocenters. The largest absolute Gasteiger partial charge is 0.490 e. The first kappa shape index (κ1) is 30.9. The van der Waals surface area contributed by atoms with Crippen molar-refractivity contribution in [1.82, 2.24) is 15.1 Å². The third kappa shape index (κ3) is 7.08. The van der Waals surface area contributed by atoms with Gasteiger partial charge in [0.1, 0.15) is 17.6 Å². The van der Waals surface area contributed by atoms with E-state index in [-0.39, 0.29) is 18.0 Å². The summed E-state index contributed by atoms with van der Waals surface area (Å²) in [6, 6.07) is 16.5. The first-order chi connectivity index (χ1) is 21.9. The van der Waals surface area contributed by atoms with Gasteiger partial charge < -0.3 is 20.3 Å². The molecule has 3 aliphatic rings. The first-order valence-electron chi connectivity index (χ1n) is 15.6. The minimum atomic E-state index is -0.260. The number of amides is 1. The maximum Gasteiger partial charge on any atom is 0.215 e. The highest BCUT2D eigenvalue weighted by atomic mass is 35.5. The highest BCUT2D eigenvalue weighted by Gasteiger charge is 2.30. The minimum absolute atomic E-state index is 0.0192. The number of nitrogen functional groups attached to an aromatic ring is 1. The van der Waals surface area contributed by atoms with E-state index in [0.29, 0.717) is 39.6 Å². The van der Waals surface area contributed by atoms with Crippen molar-refractivity contribution in [2.75, 3.05) is 59.7 Å². The third-order valence-electron chi connectivity index (χ3n) is 9.35. The number of carbonyl (C=O) groups is 1. The molecule has 0 spiro atoms. The summed E-state index contributed by atoms with van der Waals surface area (Å²) in [5, 5.41) is 18.4. The van der Waals surface area contributed by atoms with E-state index in [4.69, 9.17) is 27.3 Å². The van der Waals surface area contributed by atoms with Crippen LogP contribution < -0.4 is 25.2 Å². The van der Waals surface area contributed by atoms with E-state index in [9.17, 15) is 9.18 Å². The van der Waals surface area contributed by atoms with Crippen LogP contribution in [0.15, 0.2) is 48.5 Å². The number of aromatic nitrogens is 2. The van der Waals surface area contributed by atoms with Gasteiger partial charge in [0.05, 0.1) is 22.4 Å². The molecule has 0 atom stereocenters. The predicted molar refractivity (Wildman–Crippen MR) is 173 cm³/mol. The number of carbonyl (C=O) groups excluding carboxylic acids is 1. The Kier molecular flexibility index (Phi) is 9.52. The second-order valence-electron chi connectivity index (χ2n) is 12.0. The van der Waals surface area contributed by atoms with Crippen LogP contribution in [0.2, 0.25) is 5.02 Å². The normalized spacial score (nSPS) is 21.3. The monoisotopic (exact) mass is 632 g/mol. The molecule has 0 radical (unpaired) electrons. The average molecular weight is 633 g/mol. The molecule has 2 N–H and O–H groups in total. The maximum absolute atomic E-state index is 14.4. The number of halogens is 2. The molecule has 236 valence electrons. The molecule has 1 aliphatic carbocycles. The Morgan fingerprint density at radius 1 is 0.933 bits per heavy atom. The maximum atomic E-state index is 14.4. The van der Waals surface area contributed by atoms with Gasteiger partial charge in [0.25, 0.3) is 0 Å². The molecule has 12 heteroatoms. The molecule has 0 bridgehead atoms. The lowest BCUT2D eigenvalue weighted by Crippen LogP contribution is -2.53. The summed E-state index contributed by atoms with van der Waals surface area (Å²) in [6.45, 7) is 5.17. The van der Waals surface area contributed by atoms with Crippen molar-refractivity contribution in [3.63, 3.8) is 0 Å². The summed E-state index contributed by atoms with van der Waals surface area (Å²) in [5.74, 6) is 1.77. The Hall–Kier alpha value is -4.14. The molecule has 45 heavy (non-hydrogen) atoms. The minimum Gasteiger partial charge on any atom is -0.490 e. The zero-order valence-electron chi connectivity index (χ0n) is 25.2. The molecule has 1 saturated carbocycles. The molecule has 1 aromatic heterocycles. The number of anilines is 4. The van der Waals surface area contributed by atoms with Crippen molar-refractivity contribution in [3.8, 4) is 11.8 Å². The molecule has 1 amide bonds. The van der Waals surface area contributed by atoms with Gasteiger partial charge in [0, 0.05) is 63.1 Å². The lowest BCUT2D eigenvalue weighted by molar-refractivity contribution is -0.108. The van der Waals surface area contributed by atoms with E-state index < -0.39 is 0 Å². The van der Waals surface area contributed by atoms with Gasteiger partial charge in [-0.3, -0.25) is 14.6 Å². The van der Waals surface area contributed by atoms with E-state index in [1.54, 1.807) is 35.2 Å². The molecule has 2 saturated heterocycles. The van der Waals surface area contributed by atoms with Crippen LogP contribution in [0.4, 0.5) is 27.4 Å². The van der Waals surface area contributed by atoms with Gasteiger partial charge in [-0.25, -0.2) is 4.39 Å². The number of rotatable bonds is 8. The zero-order chi connectivity index (χ0) is 31.3. The fourth-order valence-corrected chi connectivity index (χ4v) is 7.03. The predicted octanol–water partition coefficient (Wildman–Crippen LogP) is 4.87. The fourth-order valence-electron chi connectivity index (χ4n) is 6.81. The summed E-state index contributed by atoms with van der Waals surface area (Å²) in [6.07, 6.45) is 6.08. The SMILES string of the molecule is N#Cc1ccc(OC2CCC(N(C=O)c3ccc(N4CCC(N5CCN(c6ccc(N)cc6F)CC5)CC4)nn3)CC2)cc1Cl.